The van der Waals surface area contributed by atoms with Crippen molar-refractivity contribution in [2.75, 3.05) is 5.73 Å². The van der Waals surface area contributed by atoms with Gasteiger partial charge in [0, 0.05) is 76.9 Å². The first-order chi connectivity index (χ1) is 7.15. The quantitative estimate of drug-likeness (QED) is 0.310. The van der Waals surface area contributed by atoms with Gasteiger partial charge in [0.05, 0.1) is 0 Å². The van der Waals surface area contributed by atoms with Crippen LogP contribution in [0.15, 0.2) is 18.2 Å². The van der Waals surface area contributed by atoms with Crippen molar-refractivity contribution in [1.82, 2.24) is 0 Å². The van der Waals surface area contributed by atoms with Crippen LogP contribution >= 0.6 is 11.8 Å². The van der Waals surface area contributed by atoms with E-state index in [-0.39, 0.29) is 70.6 Å². The van der Waals surface area contributed by atoms with Crippen LogP contribution in [0.25, 0.3) is 0 Å². The Morgan fingerprint density at radius 1 is 1.50 bits per heavy atom. The average molecular weight is 386 g/mol. The molecule has 5 N–H and O–H groups in total. The van der Waals surface area contributed by atoms with Crippen LogP contribution in [-0.4, -0.2) is 12.4 Å². The van der Waals surface area contributed by atoms with Gasteiger partial charge in [-0.05, 0) is 17.7 Å². The fourth-order valence-electron chi connectivity index (χ4n) is 1.13. The third-order valence-electron chi connectivity index (χ3n) is 1.74. The van der Waals surface area contributed by atoms with Gasteiger partial charge in [0.2, 0.25) is 0 Å². The second-order valence-electron chi connectivity index (χ2n) is 2.90. The van der Waals surface area contributed by atoms with Crippen molar-refractivity contribution in [3.63, 3.8) is 0 Å². The Hall–Kier alpha value is 1.11. The molecule has 0 heterocycles. The Morgan fingerprint density at radius 2 is 2.19 bits per heavy atom. The topological polar surface area (TPSA) is 75.9 Å². The van der Waals surface area contributed by atoms with Gasteiger partial charge in [0.15, 0.2) is 6.58 Å². The maximum Gasteiger partial charge on any atom is 0.156 e. The first-order valence-electron chi connectivity index (χ1n) is 4.73. The molecule has 1 aromatic rings. The van der Waals surface area contributed by atoms with Crippen LogP contribution < -0.4 is 16.9 Å². The summed E-state index contributed by atoms with van der Waals surface area (Å²) in [5, 5.41) is 7.23. The molecule has 1 rings (SSSR count). The van der Waals surface area contributed by atoms with Crippen LogP contribution in [0.5, 0.6) is 0 Å². The fourth-order valence-corrected chi connectivity index (χ4v) is 1.62. The number of hydrogen-bond donors (Lipinski definition) is 3. The van der Waals surface area contributed by atoms with Crippen molar-refractivity contribution in [2.45, 2.75) is 12.6 Å². The molecule has 0 aliphatic rings. The molecule has 0 amide bonds. The van der Waals surface area contributed by atoms with Crippen molar-refractivity contribution < 1.29 is 66.8 Å². The Morgan fingerprint density at radius 3 is 2.69 bits per heavy atom. The van der Waals surface area contributed by atoms with Crippen LogP contribution in [0.2, 0.25) is 8.23 Å². The molecule has 0 bridgehead atoms. The van der Waals surface area contributed by atoms with Crippen LogP contribution in [-0.2, 0) is 71.2 Å². The van der Waals surface area contributed by atoms with E-state index in [4.69, 9.17) is 12.6 Å². The molecular weight excluding hydrogens is 371 g/mol. The first-order valence-corrected chi connectivity index (χ1v) is 5.22. The van der Waals surface area contributed by atoms with Crippen LogP contribution in [0, 0.1) is 5.41 Å². The SMILES string of the molecule is [3H]Nc1cc([B]C)cc(CSC(=N)N)c1.[Y].[Y]. The van der Waals surface area contributed by atoms with Crippen molar-refractivity contribution in [3.8, 4) is 0 Å². The number of thioether (sulfide) groups is 1. The number of amidine groups is 1. The minimum absolute atomic E-state index is 0. The molecule has 0 fully saturated rings. The number of benzene rings is 1. The maximum absolute atomic E-state index is 7.12. The van der Waals surface area contributed by atoms with Crippen LogP contribution in [0.1, 0.15) is 5.56 Å². The Balaban J connectivity index is 0. The summed E-state index contributed by atoms with van der Waals surface area (Å²) >= 11 is 1.28. The van der Waals surface area contributed by atoms with E-state index in [1.165, 1.54) is 11.8 Å². The first kappa shape index (κ1) is 17.1. The smallest absolute Gasteiger partial charge is 0.156 e. The minimum atomic E-state index is 0. The normalized spacial score (nSPS) is 9.19. The molecule has 0 saturated carbocycles. The summed E-state index contributed by atoms with van der Waals surface area (Å²) in [5.74, 6) is 0.658. The summed E-state index contributed by atoms with van der Waals surface area (Å²) in [7, 11) is 1.97. The largest absolute Gasteiger partial charge is 0.399 e. The molecule has 0 atom stereocenters. The van der Waals surface area contributed by atoms with E-state index in [2.05, 4.69) is 5.73 Å². The van der Waals surface area contributed by atoms with E-state index in [1.54, 1.807) is 0 Å². The van der Waals surface area contributed by atoms with E-state index in [1.807, 2.05) is 32.3 Å². The summed E-state index contributed by atoms with van der Waals surface area (Å²) in [6, 6.07) is 5.81. The summed E-state index contributed by atoms with van der Waals surface area (Å²) < 4.78 is 7.09. The van der Waals surface area contributed by atoms with Gasteiger partial charge in [-0.25, -0.2) is 0 Å². The zero-order chi connectivity index (χ0) is 11.3. The number of rotatable bonds is 4. The maximum atomic E-state index is 7.12. The second kappa shape index (κ2) is 10.1. The molecule has 7 heteroatoms. The van der Waals surface area contributed by atoms with E-state index in [9.17, 15) is 0 Å². The summed E-state index contributed by atoms with van der Waals surface area (Å²) in [4.78, 5) is 0. The number of nitrogen functional groups attached to an aromatic ring is 1. The van der Waals surface area contributed by atoms with Gasteiger partial charge in [-0.1, -0.05) is 30.1 Å². The van der Waals surface area contributed by atoms with E-state index in [0.717, 1.165) is 16.7 Å². The number of anilines is 1. The van der Waals surface area contributed by atoms with Crippen LogP contribution in [0.4, 0.5) is 5.69 Å². The van der Waals surface area contributed by atoms with Gasteiger partial charge in [-0.3, -0.25) is 5.41 Å². The molecule has 1 aromatic carbocycles. The van der Waals surface area contributed by atoms with Gasteiger partial charge < -0.3 is 11.5 Å². The number of nitrogens with two attached hydrogens (primary N) is 2. The predicted octanol–water partition coefficient (Wildman–Crippen LogP) is 0.768. The summed E-state index contributed by atoms with van der Waals surface area (Å²) in [5.41, 5.74) is 10.5. The van der Waals surface area contributed by atoms with Gasteiger partial charge in [-0.15, -0.1) is 0 Å². The molecule has 0 spiro atoms. The van der Waals surface area contributed by atoms with E-state index < -0.39 is 0 Å². The molecule has 16 heavy (non-hydrogen) atoms. The molecular formula is C9H13BN3SY2. The molecule has 0 unspecified atom stereocenters. The molecule has 0 aliphatic carbocycles. The average Bonchev–Trinajstić information content (AvgIpc) is 2.25. The monoisotopic (exact) mass is 386 g/mol. The van der Waals surface area contributed by atoms with Gasteiger partial charge in [0.25, 0.3) is 0 Å². The Labute approximate surface area is 153 Å². The summed E-state index contributed by atoms with van der Waals surface area (Å²) in [6.07, 6.45) is 0. The van der Waals surface area contributed by atoms with Crippen molar-refractivity contribution in [3.05, 3.63) is 23.8 Å². The standard InChI is InChI=1S/C9H13BN3S.2Y/c1-10-7-2-6(3-8(11)4-7)5-14-9(12)13;;/h2-4H,5,11H2,1H3,(H3,12,13);;/i/hT. The third-order valence-corrected chi connectivity index (χ3v) is 2.53. The van der Waals surface area contributed by atoms with Crippen molar-refractivity contribution >= 4 is 35.4 Å². The molecule has 79 valence electrons. The molecule has 0 saturated heterocycles. The fraction of sp³-hybridized carbons (Fsp3) is 0.222. The minimum Gasteiger partial charge on any atom is -0.399 e. The Kier molecular flexibility index (Phi) is 10.8. The molecule has 3 nitrogen and oxygen atoms in total. The van der Waals surface area contributed by atoms with Crippen molar-refractivity contribution in [2.24, 2.45) is 5.73 Å². The molecule has 0 aromatic heterocycles. The second-order valence-corrected chi connectivity index (χ2v) is 3.92. The van der Waals surface area contributed by atoms with Gasteiger partial charge in [-0.2, -0.15) is 0 Å². The third kappa shape index (κ3) is 7.44. The van der Waals surface area contributed by atoms with Crippen molar-refractivity contribution in [1.29, 1.82) is 5.41 Å². The predicted molar refractivity (Wildman–Crippen MR) is 65.3 cm³/mol. The van der Waals surface area contributed by atoms with E-state index in [0.29, 0.717) is 5.75 Å². The number of hydrogen-bond acceptors (Lipinski definition) is 3. The zero-order valence-corrected chi connectivity index (χ0v) is 15.6. The number of nitrogens with one attached hydrogen (secondary N) is 1. The molecule has 3 radical (unpaired) electrons. The Bertz CT molecular complexity index is 346. The van der Waals surface area contributed by atoms with Gasteiger partial charge in [0.1, 0.15) is 7.28 Å². The molecule has 0 aliphatic heterocycles. The summed E-state index contributed by atoms with van der Waals surface area (Å²) in [6.45, 7) is 1.95. The zero-order valence-electron chi connectivity index (χ0n) is 10.2. The van der Waals surface area contributed by atoms with Gasteiger partial charge >= 0.3 is 0 Å². The van der Waals surface area contributed by atoms with E-state index >= 15 is 0 Å². The van der Waals surface area contributed by atoms with Crippen LogP contribution in [0.3, 0.4) is 0 Å².